The zero-order valence-corrected chi connectivity index (χ0v) is 15.9. The van der Waals surface area contributed by atoms with Crippen molar-refractivity contribution in [1.82, 2.24) is 9.80 Å². The number of likely N-dealkylation sites (N-methyl/N-ethyl adjacent to an activating group) is 1. The first-order valence-corrected chi connectivity index (χ1v) is 8.97. The molecule has 26 heavy (non-hydrogen) atoms. The molecule has 0 bridgehead atoms. The van der Waals surface area contributed by atoms with Crippen LogP contribution >= 0.6 is 0 Å². The lowest BCUT2D eigenvalue weighted by molar-refractivity contribution is -0.137. The Morgan fingerprint density at radius 1 is 1.27 bits per heavy atom. The molecule has 1 aliphatic rings. The van der Waals surface area contributed by atoms with E-state index in [4.69, 9.17) is 9.47 Å². The lowest BCUT2D eigenvalue weighted by Gasteiger charge is -2.26. The number of nitrogens with one attached hydrogen (secondary N) is 1. The Morgan fingerprint density at radius 3 is 2.65 bits per heavy atom. The molecule has 1 atom stereocenters. The van der Waals surface area contributed by atoms with Gasteiger partial charge in [0.05, 0.1) is 13.7 Å². The Balaban J connectivity index is 1.88. The third kappa shape index (κ3) is 5.71. The van der Waals surface area contributed by atoms with E-state index < -0.39 is 6.04 Å². The standard InChI is InChI=1S/C19H29N3O4/c1-21(11-5-13-25-2)14-18(23)22-12-4-6-17(22)19(24)20-15-7-9-16(26-3)10-8-15/h7-10,17H,4-6,11-14H2,1-3H3,(H,20,24). The van der Waals surface area contributed by atoms with Crippen LogP contribution in [0.1, 0.15) is 19.3 Å². The Kier molecular flexibility index (Phi) is 7.87. The summed E-state index contributed by atoms with van der Waals surface area (Å²) in [6.07, 6.45) is 2.42. The van der Waals surface area contributed by atoms with Crippen LogP contribution in [0, 0.1) is 0 Å². The molecule has 1 N–H and O–H groups in total. The highest BCUT2D eigenvalue weighted by Gasteiger charge is 2.34. The predicted octanol–water partition coefficient (Wildman–Crippen LogP) is 1.59. The van der Waals surface area contributed by atoms with Gasteiger partial charge < -0.3 is 19.7 Å². The van der Waals surface area contributed by atoms with E-state index in [9.17, 15) is 9.59 Å². The molecule has 7 heteroatoms. The van der Waals surface area contributed by atoms with Crippen molar-refractivity contribution in [1.29, 1.82) is 0 Å². The number of likely N-dealkylation sites (tertiary alicyclic amines) is 1. The van der Waals surface area contributed by atoms with Crippen molar-refractivity contribution in [3.05, 3.63) is 24.3 Å². The van der Waals surface area contributed by atoms with E-state index in [2.05, 4.69) is 5.32 Å². The van der Waals surface area contributed by atoms with E-state index in [0.717, 1.165) is 25.1 Å². The first kappa shape index (κ1) is 20.2. The monoisotopic (exact) mass is 363 g/mol. The van der Waals surface area contributed by atoms with E-state index in [1.807, 2.05) is 11.9 Å². The highest BCUT2D eigenvalue weighted by molar-refractivity contribution is 5.97. The van der Waals surface area contributed by atoms with Gasteiger partial charge in [-0.05, 0) is 50.6 Å². The number of hydrogen-bond donors (Lipinski definition) is 1. The Labute approximate surface area is 155 Å². The van der Waals surface area contributed by atoms with Gasteiger partial charge in [0.25, 0.3) is 0 Å². The first-order valence-electron chi connectivity index (χ1n) is 8.97. The molecule has 1 fully saturated rings. The average molecular weight is 363 g/mol. The predicted molar refractivity (Wildman–Crippen MR) is 100 cm³/mol. The second kappa shape index (κ2) is 10.1. The highest BCUT2D eigenvalue weighted by atomic mass is 16.5. The third-order valence-electron chi connectivity index (χ3n) is 4.53. The van der Waals surface area contributed by atoms with Crippen LogP contribution in [0.3, 0.4) is 0 Å². The molecule has 1 aromatic carbocycles. The molecule has 1 unspecified atom stereocenters. The minimum absolute atomic E-state index is 0.00250. The molecule has 0 radical (unpaired) electrons. The Hall–Kier alpha value is -2.12. The summed E-state index contributed by atoms with van der Waals surface area (Å²) in [7, 11) is 5.18. The quantitative estimate of drug-likeness (QED) is 0.675. The summed E-state index contributed by atoms with van der Waals surface area (Å²) in [6, 6.07) is 6.77. The topological polar surface area (TPSA) is 71.1 Å². The molecule has 0 aromatic heterocycles. The fraction of sp³-hybridized carbons (Fsp3) is 0.579. The molecule has 2 amide bonds. The largest absolute Gasteiger partial charge is 0.497 e. The van der Waals surface area contributed by atoms with E-state index in [-0.39, 0.29) is 11.8 Å². The number of ether oxygens (including phenoxy) is 2. The third-order valence-corrected chi connectivity index (χ3v) is 4.53. The minimum Gasteiger partial charge on any atom is -0.497 e. The lowest BCUT2D eigenvalue weighted by Crippen LogP contribution is -2.46. The number of benzene rings is 1. The number of amides is 2. The second-order valence-corrected chi connectivity index (χ2v) is 6.55. The molecule has 144 valence electrons. The fourth-order valence-corrected chi connectivity index (χ4v) is 3.12. The van der Waals surface area contributed by atoms with Gasteiger partial charge in [0, 0.05) is 32.5 Å². The van der Waals surface area contributed by atoms with E-state index in [1.54, 1.807) is 43.4 Å². The summed E-state index contributed by atoms with van der Waals surface area (Å²) >= 11 is 0. The van der Waals surface area contributed by atoms with Crippen molar-refractivity contribution in [3.63, 3.8) is 0 Å². The molecule has 0 aliphatic carbocycles. The van der Waals surface area contributed by atoms with Gasteiger partial charge in [-0.3, -0.25) is 14.5 Å². The van der Waals surface area contributed by atoms with Crippen molar-refractivity contribution in [2.45, 2.75) is 25.3 Å². The number of rotatable bonds is 9. The summed E-state index contributed by atoms with van der Waals surface area (Å²) in [5.41, 5.74) is 0.701. The van der Waals surface area contributed by atoms with Crippen LogP contribution in [0.4, 0.5) is 5.69 Å². The summed E-state index contributed by atoms with van der Waals surface area (Å²) in [4.78, 5) is 28.9. The van der Waals surface area contributed by atoms with Crippen LogP contribution in [0.25, 0.3) is 0 Å². The molecule has 1 saturated heterocycles. The van der Waals surface area contributed by atoms with Crippen LogP contribution in [0.2, 0.25) is 0 Å². The summed E-state index contributed by atoms with van der Waals surface area (Å²) in [5.74, 6) is 0.595. The van der Waals surface area contributed by atoms with Gasteiger partial charge in [-0.1, -0.05) is 0 Å². The molecule has 1 aromatic rings. The number of carbonyl (C=O) groups excluding carboxylic acids is 2. The fourth-order valence-electron chi connectivity index (χ4n) is 3.12. The van der Waals surface area contributed by atoms with Crippen molar-refractivity contribution >= 4 is 17.5 Å². The number of methoxy groups -OCH3 is 2. The molecule has 1 aliphatic heterocycles. The van der Waals surface area contributed by atoms with Crippen LogP contribution in [0.5, 0.6) is 5.75 Å². The van der Waals surface area contributed by atoms with Gasteiger partial charge in [0.2, 0.25) is 11.8 Å². The van der Waals surface area contributed by atoms with Crippen molar-refractivity contribution < 1.29 is 19.1 Å². The van der Waals surface area contributed by atoms with Gasteiger partial charge in [-0.15, -0.1) is 0 Å². The molecule has 0 spiro atoms. The zero-order valence-electron chi connectivity index (χ0n) is 15.9. The van der Waals surface area contributed by atoms with Crippen molar-refractivity contribution in [2.24, 2.45) is 0 Å². The molecular formula is C19H29N3O4. The number of hydrogen-bond acceptors (Lipinski definition) is 5. The second-order valence-electron chi connectivity index (χ2n) is 6.55. The van der Waals surface area contributed by atoms with E-state index >= 15 is 0 Å². The van der Waals surface area contributed by atoms with Gasteiger partial charge >= 0.3 is 0 Å². The maximum atomic E-state index is 12.6. The highest BCUT2D eigenvalue weighted by Crippen LogP contribution is 2.21. The van der Waals surface area contributed by atoms with E-state index in [0.29, 0.717) is 31.8 Å². The van der Waals surface area contributed by atoms with Crippen LogP contribution in [0.15, 0.2) is 24.3 Å². The van der Waals surface area contributed by atoms with Crippen molar-refractivity contribution in [3.8, 4) is 5.75 Å². The van der Waals surface area contributed by atoms with E-state index in [1.165, 1.54) is 0 Å². The Bertz CT molecular complexity index is 591. The SMILES string of the molecule is COCCCN(C)CC(=O)N1CCCC1C(=O)Nc1ccc(OC)cc1. The van der Waals surface area contributed by atoms with Gasteiger partial charge in [0.1, 0.15) is 11.8 Å². The maximum Gasteiger partial charge on any atom is 0.247 e. The van der Waals surface area contributed by atoms with Crippen LogP contribution in [-0.4, -0.2) is 75.2 Å². The summed E-state index contributed by atoms with van der Waals surface area (Å²) < 4.78 is 10.2. The Morgan fingerprint density at radius 2 is 2.00 bits per heavy atom. The van der Waals surface area contributed by atoms with Crippen LogP contribution in [-0.2, 0) is 14.3 Å². The van der Waals surface area contributed by atoms with Crippen LogP contribution < -0.4 is 10.1 Å². The van der Waals surface area contributed by atoms with Gasteiger partial charge in [-0.25, -0.2) is 0 Å². The normalized spacial score (nSPS) is 16.8. The molecule has 7 nitrogen and oxygen atoms in total. The molecular weight excluding hydrogens is 334 g/mol. The summed E-state index contributed by atoms with van der Waals surface area (Å²) in [6.45, 7) is 2.41. The first-order chi connectivity index (χ1) is 12.5. The lowest BCUT2D eigenvalue weighted by atomic mass is 10.2. The average Bonchev–Trinajstić information content (AvgIpc) is 3.12. The minimum atomic E-state index is -0.406. The number of anilines is 1. The molecule has 1 heterocycles. The maximum absolute atomic E-state index is 12.6. The zero-order chi connectivity index (χ0) is 18.9. The number of carbonyl (C=O) groups is 2. The smallest absolute Gasteiger partial charge is 0.247 e. The molecule has 2 rings (SSSR count). The number of nitrogens with zero attached hydrogens (tertiary/aromatic N) is 2. The van der Waals surface area contributed by atoms with Crippen molar-refractivity contribution in [2.75, 3.05) is 52.8 Å². The summed E-state index contributed by atoms with van der Waals surface area (Å²) in [5, 5.41) is 2.90. The van der Waals surface area contributed by atoms with Gasteiger partial charge in [0.15, 0.2) is 0 Å². The molecule has 0 saturated carbocycles. The van der Waals surface area contributed by atoms with Gasteiger partial charge in [-0.2, -0.15) is 0 Å².